The van der Waals surface area contributed by atoms with Gasteiger partial charge in [-0.15, -0.1) is 0 Å². The fourth-order valence-electron chi connectivity index (χ4n) is 1.83. The van der Waals surface area contributed by atoms with Crippen LogP contribution in [0, 0.1) is 5.41 Å². The van der Waals surface area contributed by atoms with Crippen LogP contribution in [0.4, 0.5) is 5.69 Å². The molecule has 0 spiro atoms. The van der Waals surface area contributed by atoms with E-state index < -0.39 is 12.0 Å². The van der Waals surface area contributed by atoms with E-state index in [4.69, 9.17) is 5.73 Å². The van der Waals surface area contributed by atoms with E-state index in [9.17, 15) is 15.0 Å². The summed E-state index contributed by atoms with van der Waals surface area (Å²) in [5.41, 5.74) is 5.78. The number of aromatic hydroxyl groups is 1. The van der Waals surface area contributed by atoms with Crippen LogP contribution < -0.4 is 11.1 Å². The molecule has 1 amide bonds. The van der Waals surface area contributed by atoms with Gasteiger partial charge in [-0.05, 0) is 24.0 Å². The van der Waals surface area contributed by atoms with E-state index in [1.165, 1.54) is 12.1 Å². The number of nitrogens with one attached hydrogen (secondary N) is 1. The first kappa shape index (κ1) is 15.3. The molecule has 1 aromatic carbocycles. The van der Waals surface area contributed by atoms with Gasteiger partial charge in [-0.2, -0.15) is 0 Å². The van der Waals surface area contributed by atoms with Crippen molar-refractivity contribution in [3.63, 3.8) is 0 Å². The minimum atomic E-state index is -0.618. The molecule has 0 saturated heterocycles. The number of anilines is 1. The van der Waals surface area contributed by atoms with Crippen LogP contribution in [0.2, 0.25) is 0 Å². The van der Waals surface area contributed by atoms with Crippen molar-refractivity contribution in [1.82, 2.24) is 5.32 Å². The van der Waals surface area contributed by atoms with Crippen molar-refractivity contribution < 1.29 is 15.0 Å². The molecule has 106 valence electrons. The van der Waals surface area contributed by atoms with Crippen LogP contribution >= 0.6 is 0 Å². The molecule has 5 nitrogen and oxygen atoms in total. The molecular weight excluding hydrogens is 244 g/mol. The quantitative estimate of drug-likeness (QED) is 0.490. The monoisotopic (exact) mass is 266 g/mol. The van der Waals surface area contributed by atoms with Gasteiger partial charge >= 0.3 is 0 Å². The molecule has 0 aliphatic rings. The Bertz CT molecular complexity index is 452. The first-order valence-electron chi connectivity index (χ1n) is 6.24. The highest BCUT2D eigenvalue weighted by Crippen LogP contribution is 2.24. The summed E-state index contributed by atoms with van der Waals surface area (Å²) in [6, 6.07) is 4.59. The number of nitrogen functional groups attached to an aromatic ring is 1. The van der Waals surface area contributed by atoms with Crippen molar-refractivity contribution in [3.05, 3.63) is 23.8 Å². The first-order valence-corrected chi connectivity index (χ1v) is 6.24. The molecule has 0 saturated carbocycles. The summed E-state index contributed by atoms with van der Waals surface area (Å²) >= 11 is 0. The Balaban J connectivity index is 2.59. The molecular formula is C14H22N2O3. The van der Waals surface area contributed by atoms with Crippen LogP contribution in [0.5, 0.6) is 5.75 Å². The Morgan fingerprint density at radius 3 is 2.63 bits per heavy atom. The highest BCUT2D eigenvalue weighted by molar-refractivity contribution is 5.98. The molecule has 0 radical (unpaired) electrons. The van der Waals surface area contributed by atoms with Gasteiger partial charge in [0.05, 0.1) is 17.4 Å². The number of carbonyl (C=O) groups is 1. The molecule has 19 heavy (non-hydrogen) atoms. The van der Waals surface area contributed by atoms with Gasteiger partial charge in [-0.3, -0.25) is 4.79 Å². The number of para-hydroxylation sites is 1. The number of carbonyl (C=O) groups excluding carboxylic acids is 1. The zero-order valence-corrected chi connectivity index (χ0v) is 11.6. The predicted molar refractivity (Wildman–Crippen MR) is 74.9 cm³/mol. The minimum absolute atomic E-state index is 0.0105. The molecule has 0 heterocycles. The number of aliphatic hydroxyl groups excluding tert-OH is 1. The fourth-order valence-corrected chi connectivity index (χ4v) is 1.83. The maximum atomic E-state index is 11.9. The molecule has 1 aromatic rings. The van der Waals surface area contributed by atoms with Crippen molar-refractivity contribution in [3.8, 4) is 5.75 Å². The molecule has 1 atom stereocenters. The molecule has 0 bridgehead atoms. The Hall–Kier alpha value is -1.75. The third-order valence-electron chi connectivity index (χ3n) is 2.66. The fraction of sp³-hybridized carbons (Fsp3) is 0.500. The topological polar surface area (TPSA) is 95.6 Å². The zero-order valence-electron chi connectivity index (χ0n) is 11.6. The number of aliphatic hydroxyl groups is 1. The predicted octanol–water partition coefficient (Wildman–Crippen LogP) is 1.50. The summed E-state index contributed by atoms with van der Waals surface area (Å²) in [5, 5.41) is 22.1. The van der Waals surface area contributed by atoms with E-state index in [-0.39, 0.29) is 29.0 Å². The summed E-state index contributed by atoms with van der Waals surface area (Å²) in [5.74, 6) is -0.678. The number of hydrogen-bond donors (Lipinski definition) is 4. The third-order valence-corrected chi connectivity index (χ3v) is 2.66. The lowest BCUT2D eigenvalue weighted by Gasteiger charge is -2.22. The van der Waals surface area contributed by atoms with E-state index >= 15 is 0 Å². The SMILES string of the molecule is CC(C)(C)CC(O)CNC(=O)c1cccc(N)c1O. The smallest absolute Gasteiger partial charge is 0.255 e. The van der Waals surface area contributed by atoms with Gasteiger partial charge in [0.15, 0.2) is 5.75 Å². The lowest BCUT2D eigenvalue weighted by atomic mass is 9.89. The Kier molecular flexibility index (Phi) is 4.78. The molecule has 0 aromatic heterocycles. The van der Waals surface area contributed by atoms with Crippen LogP contribution in [0.25, 0.3) is 0 Å². The number of benzene rings is 1. The summed E-state index contributed by atoms with van der Waals surface area (Å²) in [4.78, 5) is 11.9. The molecule has 0 fully saturated rings. The van der Waals surface area contributed by atoms with E-state index in [1.807, 2.05) is 20.8 Å². The number of phenolic OH excluding ortho intramolecular Hbond substituents is 1. The summed E-state index contributed by atoms with van der Waals surface area (Å²) in [7, 11) is 0. The van der Waals surface area contributed by atoms with Crippen LogP contribution in [-0.4, -0.2) is 28.8 Å². The van der Waals surface area contributed by atoms with E-state index in [1.54, 1.807) is 6.07 Å². The maximum Gasteiger partial charge on any atom is 0.255 e. The lowest BCUT2D eigenvalue weighted by molar-refractivity contribution is 0.0866. The average molecular weight is 266 g/mol. The number of hydrogen-bond acceptors (Lipinski definition) is 4. The summed E-state index contributed by atoms with van der Waals surface area (Å²) < 4.78 is 0. The molecule has 1 unspecified atom stereocenters. The number of nitrogens with two attached hydrogens (primary N) is 1. The van der Waals surface area contributed by atoms with Crippen molar-refractivity contribution in [2.75, 3.05) is 12.3 Å². The zero-order chi connectivity index (χ0) is 14.6. The molecule has 0 aliphatic heterocycles. The molecule has 0 aliphatic carbocycles. The van der Waals surface area contributed by atoms with Crippen LogP contribution in [-0.2, 0) is 0 Å². The second-order valence-electron chi connectivity index (χ2n) is 5.87. The first-order chi connectivity index (χ1) is 8.70. The van der Waals surface area contributed by atoms with Gasteiger partial charge in [0.1, 0.15) is 0 Å². The van der Waals surface area contributed by atoms with Gasteiger partial charge in [-0.25, -0.2) is 0 Å². The molecule has 1 rings (SSSR count). The second kappa shape index (κ2) is 5.93. The van der Waals surface area contributed by atoms with Gasteiger partial charge in [0, 0.05) is 6.54 Å². The van der Waals surface area contributed by atoms with Crippen LogP contribution in [0.1, 0.15) is 37.6 Å². The summed E-state index contributed by atoms with van der Waals surface area (Å²) in [6.07, 6.45) is -0.0388. The normalized spacial score (nSPS) is 13.1. The Morgan fingerprint density at radius 1 is 1.42 bits per heavy atom. The van der Waals surface area contributed by atoms with Crippen molar-refractivity contribution >= 4 is 11.6 Å². The number of phenols is 1. The minimum Gasteiger partial charge on any atom is -0.505 e. The van der Waals surface area contributed by atoms with Crippen LogP contribution in [0.15, 0.2) is 18.2 Å². The summed E-state index contributed by atoms with van der Waals surface area (Å²) in [6.45, 7) is 6.19. The second-order valence-corrected chi connectivity index (χ2v) is 5.87. The lowest BCUT2D eigenvalue weighted by Crippen LogP contribution is -2.34. The number of amides is 1. The van der Waals surface area contributed by atoms with E-state index in [0.29, 0.717) is 6.42 Å². The standard InChI is InChI=1S/C14H22N2O3/c1-14(2,3)7-9(17)8-16-13(19)10-5-4-6-11(15)12(10)18/h4-6,9,17-18H,7-8,15H2,1-3H3,(H,16,19). The van der Waals surface area contributed by atoms with Gasteiger partial charge < -0.3 is 21.3 Å². The average Bonchev–Trinajstić information content (AvgIpc) is 2.27. The van der Waals surface area contributed by atoms with Crippen molar-refractivity contribution in [2.45, 2.75) is 33.3 Å². The van der Waals surface area contributed by atoms with E-state index in [2.05, 4.69) is 5.32 Å². The Morgan fingerprint density at radius 2 is 2.05 bits per heavy atom. The van der Waals surface area contributed by atoms with Gasteiger partial charge in [-0.1, -0.05) is 26.8 Å². The molecule has 5 heteroatoms. The highest BCUT2D eigenvalue weighted by atomic mass is 16.3. The highest BCUT2D eigenvalue weighted by Gasteiger charge is 2.18. The van der Waals surface area contributed by atoms with Crippen molar-refractivity contribution in [2.24, 2.45) is 5.41 Å². The number of rotatable bonds is 4. The maximum absolute atomic E-state index is 11.9. The van der Waals surface area contributed by atoms with Gasteiger partial charge in [0.25, 0.3) is 5.91 Å². The Labute approximate surface area is 113 Å². The third kappa shape index (κ3) is 4.79. The van der Waals surface area contributed by atoms with Gasteiger partial charge in [0.2, 0.25) is 0 Å². The van der Waals surface area contributed by atoms with E-state index in [0.717, 1.165) is 0 Å². The molecule has 5 N–H and O–H groups in total. The largest absolute Gasteiger partial charge is 0.505 e. The van der Waals surface area contributed by atoms with Crippen molar-refractivity contribution in [1.29, 1.82) is 0 Å². The van der Waals surface area contributed by atoms with Crippen LogP contribution in [0.3, 0.4) is 0 Å².